The molecule has 4 nitrogen and oxygen atoms in total. The summed E-state index contributed by atoms with van der Waals surface area (Å²) in [5.41, 5.74) is 0.438. The molecule has 0 aliphatic heterocycles. The quantitative estimate of drug-likeness (QED) is 0.263. The highest BCUT2D eigenvalue weighted by atomic mass is 28.3. The average molecular weight is 248 g/mol. The molecule has 0 aliphatic rings. The molecular formula is C9H20O4Si2. The lowest BCUT2D eigenvalue weighted by molar-refractivity contribution is -0.138. The minimum Gasteiger partial charge on any atom is -0.462 e. The maximum atomic E-state index is 11.0. The predicted octanol–water partition coefficient (Wildman–Crippen LogP) is 0.0498. The number of carbonyl (C=O) groups is 1. The first kappa shape index (κ1) is 14.6. The van der Waals surface area contributed by atoms with Crippen LogP contribution >= 0.6 is 0 Å². The van der Waals surface area contributed by atoms with Crippen LogP contribution in [0.15, 0.2) is 12.2 Å². The third kappa shape index (κ3) is 7.49. The molecule has 0 aliphatic carbocycles. The van der Waals surface area contributed by atoms with Crippen molar-refractivity contribution in [2.75, 3.05) is 13.2 Å². The van der Waals surface area contributed by atoms with E-state index in [9.17, 15) is 4.79 Å². The zero-order valence-corrected chi connectivity index (χ0v) is 12.9. The fourth-order valence-electron chi connectivity index (χ4n) is 0.993. The molecule has 0 aromatic carbocycles. The summed E-state index contributed by atoms with van der Waals surface area (Å²) < 4.78 is 15.7. The number of hydrogen-bond donors (Lipinski definition) is 0. The van der Waals surface area contributed by atoms with E-state index in [4.69, 9.17) is 13.3 Å². The number of esters is 1. The zero-order chi connectivity index (χ0) is 11.7. The largest absolute Gasteiger partial charge is 0.462 e. The molecule has 0 bridgehead atoms. The molecule has 88 valence electrons. The van der Waals surface area contributed by atoms with E-state index in [-0.39, 0.29) is 5.97 Å². The molecule has 1 atom stereocenters. The van der Waals surface area contributed by atoms with Crippen LogP contribution in [0.3, 0.4) is 0 Å². The molecule has 0 saturated heterocycles. The molecule has 0 aromatic heterocycles. The Morgan fingerprint density at radius 2 is 2.20 bits per heavy atom. The van der Waals surface area contributed by atoms with Crippen LogP contribution in [-0.2, 0) is 18.1 Å². The third-order valence-electron chi connectivity index (χ3n) is 1.78. The van der Waals surface area contributed by atoms with E-state index in [1.807, 2.05) is 6.92 Å². The molecule has 6 heteroatoms. The molecule has 0 amide bonds. The molecule has 0 saturated carbocycles. The summed E-state index contributed by atoms with van der Waals surface area (Å²) in [5, 5.41) is 0. The van der Waals surface area contributed by atoms with Gasteiger partial charge in [-0.2, -0.15) is 0 Å². The van der Waals surface area contributed by atoms with Crippen molar-refractivity contribution in [1.82, 2.24) is 0 Å². The van der Waals surface area contributed by atoms with Gasteiger partial charge in [-0.25, -0.2) is 4.79 Å². The smallest absolute Gasteiger partial charge is 0.333 e. The first-order chi connectivity index (χ1) is 7.11. The minimum atomic E-state index is -1.45. The predicted molar refractivity (Wildman–Crippen MR) is 65.0 cm³/mol. The van der Waals surface area contributed by atoms with Gasteiger partial charge in [0.05, 0.1) is 6.61 Å². The molecule has 0 spiro atoms. The highest BCUT2D eigenvalue weighted by molar-refractivity contribution is 6.48. The molecule has 0 N–H and O–H groups in total. The Balaban J connectivity index is 3.52. The number of carbonyl (C=O) groups excluding carboxylic acids is 1. The maximum absolute atomic E-state index is 11.0. The van der Waals surface area contributed by atoms with Gasteiger partial charge in [0.2, 0.25) is 0 Å². The van der Waals surface area contributed by atoms with Crippen LogP contribution in [0.2, 0.25) is 6.04 Å². The minimum absolute atomic E-state index is 0.323. The van der Waals surface area contributed by atoms with Crippen LogP contribution in [0.4, 0.5) is 0 Å². The van der Waals surface area contributed by atoms with E-state index in [1.165, 1.54) is 0 Å². The van der Waals surface area contributed by atoms with Crippen molar-refractivity contribution >= 4 is 25.7 Å². The number of ether oxygens (including phenoxy) is 1. The maximum Gasteiger partial charge on any atom is 0.333 e. The zero-order valence-electron chi connectivity index (χ0n) is 9.75. The number of rotatable bonds is 8. The van der Waals surface area contributed by atoms with Gasteiger partial charge in [-0.15, -0.1) is 0 Å². The second-order valence-electron chi connectivity index (χ2n) is 3.18. The van der Waals surface area contributed by atoms with Gasteiger partial charge in [0.1, 0.15) is 10.5 Å². The molecule has 0 fully saturated rings. The van der Waals surface area contributed by atoms with Gasteiger partial charge in [-0.3, -0.25) is 0 Å². The van der Waals surface area contributed by atoms with Crippen molar-refractivity contribution in [2.24, 2.45) is 0 Å². The van der Waals surface area contributed by atoms with Gasteiger partial charge in [0.15, 0.2) is 0 Å². The van der Waals surface area contributed by atoms with Crippen LogP contribution in [0.5, 0.6) is 0 Å². The summed E-state index contributed by atoms with van der Waals surface area (Å²) in [7, 11) is -0.739. The van der Waals surface area contributed by atoms with E-state index in [1.54, 1.807) is 6.92 Å². The molecular weight excluding hydrogens is 228 g/mol. The van der Waals surface area contributed by atoms with Gasteiger partial charge < -0.3 is 13.3 Å². The van der Waals surface area contributed by atoms with Gasteiger partial charge in [0.25, 0.3) is 0 Å². The second-order valence-corrected chi connectivity index (χ2v) is 6.83. The van der Waals surface area contributed by atoms with Gasteiger partial charge in [-0.05, 0) is 26.3 Å². The average Bonchev–Trinajstić information content (AvgIpc) is 2.22. The summed E-state index contributed by atoms with van der Waals surface area (Å²) >= 11 is 0. The SMILES string of the molecule is C=C(C)C(=O)OCCC[SiH](O[SiH3])OCC. The Bertz CT molecular complexity index is 208. The van der Waals surface area contributed by atoms with Gasteiger partial charge >= 0.3 is 15.3 Å². The Labute approximate surface area is 96.0 Å². The normalized spacial score (nSPS) is 12.4. The summed E-state index contributed by atoms with van der Waals surface area (Å²) in [6.07, 6.45) is 0.804. The lowest BCUT2D eigenvalue weighted by Gasteiger charge is -2.13. The lowest BCUT2D eigenvalue weighted by Crippen LogP contribution is -2.22. The van der Waals surface area contributed by atoms with E-state index < -0.39 is 9.28 Å². The topological polar surface area (TPSA) is 44.8 Å². The summed E-state index contributed by atoms with van der Waals surface area (Å²) in [6.45, 7) is 8.23. The van der Waals surface area contributed by atoms with Gasteiger partial charge in [0, 0.05) is 12.2 Å². The fraction of sp³-hybridized carbons (Fsp3) is 0.667. The van der Waals surface area contributed by atoms with E-state index in [0.717, 1.165) is 12.5 Å². The molecule has 0 rings (SSSR count). The summed E-state index contributed by atoms with van der Waals surface area (Å²) in [4.78, 5) is 11.0. The molecule has 15 heavy (non-hydrogen) atoms. The Morgan fingerprint density at radius 1 is 1.53 bits per heavy atom. The van der Waals surface area contributed by atoms with E-state index in [2.05, 4.69) is 6.58 Å². The molecule has 0 heterocycles. The summed E-state index contributed by atoms with van der Waals surface area (Å²) in [5.74, 6) is -0.323. The van der Waals surface area contributed by atoms with Crippen LogP contribution in [0, 0.1) is 0 Å². The van der Waals surface area contributed by atoms with E-state index >= 15 is 0 Å². The number of hydrogen-bond acceptors (Lipinski definition) is 4. The highest BCUT2D eigenvalue weighted by Crippen LogP contribution is 2.02. The summed E-state index contributed by atoms with van der Waals surface area (Å²) in [6, 6.07) is 0.890. The Hall–Kier alpha value is -0.436. The standard InChI is InChI=1S/C9H20O4Si2/c1-4-12-15(13-14)7-5-6-11-9(10)8(2)3/h15H,2,4-7H2,1,3,14H3. The first-order valence-corrected chi connectivity index (χ1v) is 7.66. The Kier molecular flexibility index (Phi) is 8.58. The lowest BCUT2D eigenvalue weighted by atomic mass is 10.4. The second kappa shape index (κ2) is 8.84. The highest BCUT2D eigenvalue weighted by Gasteiger charge is 2.10. The first-order valence-electron chi connectivity index (χ1n) is 5.08. The van der Waals surface area contributed by atoms with Crippen molar-refractivity contribution in [3.05, 3.63) is 12.2 Å². The van der Waals surface area contributed by atoms with Gasteiger partial charge in [-0.1, -0.05) is 6.58 Å². The van der Waals surface area contributed by atoms with Crippen molar-refractivity contribution < 1.29 is 18.1 Å². The van der Waals surface area contributed by atoms with Crippen LogP contribution in [0.1, 0.15) is 20.3 Å². The molecule has 1 unspecified atom stereocenters. The van der Waals surface area contributed by atoms with Crippen molar-refractivity contribution in [3.8, 4) is 0 Å². The van der Waals surface area contributed by atoms with E-state index in [0.29, 0.717) is 29.3 Å². The van der Waals surface area contributed by atoms with Crippen LogP contribution < -0.4 is 0 Å². The van der Waals surface area contributed by atoms with Crippen molar-refractivity contribution in [2.45, 2.75) is 26.3 Å². The van der Waals surface area contributed by atoms with Crippen LogP contribution in [0.25, 0.3) is 0 Å². The Morgan fingerprint density at radius 3 is 2.67 bits per heavy atom. The fourth-order valence-corrected chi connectivity index (χ4v) is 3.52. The van der Waals surface area contributed by atoms with Crippen LogP contribution in [-0.4, -0.2) is 39.0 Å². The molecule has 0 aromatic rings. The monoisotopic (exact) mass is 248 g/mol. The molecule has 0 radical (unpaired) electrons. The third-order valence-corrected chi connectivity index (χ3v) is 5.47. The van der Waals surface area contributed by atoms with Crippen molar-refractivity contribution in [1.29, 1.82) is 0 Å². The van der Waals surface area contributed by atoms with Crippen molar-refractivity contribution in [3.63, 3.8) is 0 Å².